The monoisotopic (exact) mass is 418 g/mol. The summed E-state index contributed by atoms with van der Waals surface area (Å²) in [5.41, 5.74) is 2.01. The quantitative estimate of drug-likeness (QED) is 0.438. The highest BCUT2D eigenvalue weighted by Crippen LogP contribution is 2.23. The van der Waals surface area contributed by atoms with Crippen LogP contribution in [0.3, 0.4) is 0 Å². The maximum Gasteiger partial charge on any atom is 0.340 e. The molecule has 1 aromatic heterocycles. The van der Waals surface area contributed by atoms with Gasteiger partial charge in [-0.2, -0.15) is 0 Å². The van der Waals surface area contributed by atoms with Crippen molar-refractivity contribution in [3.05, 3.63) is 83.8 Å². The minimum absolute atomic E-state index is 0.0506. The van der Waals surface area contributed by atoms with Gasteiger partial charge in [0.15, 0.2) is 12.4 Å². The van der Waals surface area contributed by atoms with Gasteiger partial charge in [-0.25, -0.2) is 4.79 Å². The number of hydrogen-bond donors (Lipinski definition) is 1. The lowest BCUT2D eigenvalue weighted by atomic mass is 10.1. The van der Waals surface area contributed by atoms with E-state index in [1.807, 2.05) is 6.07 Å². The zero-order valence-corrected chi connectivity index (χ0v) is 16.9. The van der Waals surface area contributed by atoms with Crippen LogP contribution in [0.4, 0.5) is 11.4 Å². The Bertz CT molecular complexity index is 1090. The molecule has 0 unspecified atom stereocenters. The van der Waals surface area contributed by atoms with Crippen LogP contribution in [0.5, 0.6) is 0 Å². The van der Waals surface area contributed by atoms with Crippen molar-refractivity contribution in [2.45, 2.75) is 19.4 Å². The van der Waals surface area contributed by atoms with Crippen molar-refractivity contribution in [3.8, 4) is 0 Å². The number of carbonyl (C=O) groups is 3. The molecule has 0 radical (unpaired) electrons. The van der Waals surface area contributed by atoms with Crippen LogP contribution in [0.25, 0.3) is 0 Å². The Morgan fingerprint density at radius 1 is 1.06 bits per heavy atom. The second kappa shape index (κ2) is 9.30. The van der Waals surface area contributed by atoms with Gasteiger partial charge in [0.2, 0.25) is 5.91 Å². The molecule has 1 aliphatic heterocycles. The summed E-state index contributed by atoms with van der Waals surface area (Å²) < 4.78 is 10.6. The molecule has 0 saturated carbocycles. The van der Waals surface area contributed by atoms with Crippen molar-refractivity contribution in [3.63, 3.8) is 0 Å². The van der Waals surface area contributed by atoms with Crippen LogP contribution in [-0.4, -0.2) is 30.8 Å². The van der Waals surface area contributed by atoms with Gasteiger partial charge in [-0.15, -0.1) is 0 Å². The number of nitrogens with one attached hydrogen (secondary N) is 1. The number of nitrogens with zero attached hydrogens (tertiary/aromatic N) is 1. The van der Waals surface area contributed by atoms with Gasteiger partial charge < -0.3 is 19.4 Å². The Morgan fingerprint density at radius 3 is 2.71 bits per heavy atom. The molecular weight excluding hydrogens is 396 g/mol. The molecule has 7 nitrogen and oxygen atoms in total. The number of Topliss-reactive ketones (excluding diaryl/α,β-unsaturated/α-hetero) is 1. The molecule has 4 rings (SSSR count). The molecule has 0 spiro atoms. The Kier molecular flexibility index (Phi) is 6.12. The van der Waals surface area contributed by atoms with E-state index >= 15 is 0 Å². The number of amides is 1. The Balaban J connectivity index is 1.39. The first-order chi connectivity index (χ1) is 15.1. The molecule has 2 heterocycles. The van der Waals surface area contributed by atoms with Crippen molar-refractivity contribution >= 4 is 29.0 Å². The molecule has 1 amide bonds. The van der Waals surface area contributed by atoms with Crippen LogP contribution in [0, 0.1) is 0 Å². The second-order valence-corrected chi connectivity index (χ2v) is 7.18. The average molecular weight is 418 g/mol. The van der Waals surface area contributed by atoms with Gasteiger partial charge in [0.05, 0.1) is 18.4 Å². The van der Waals surface area contributed by atoms with Crippen LogP contribution in [0.2, 0.25) is 0 Å². The molecule has 31 heavy (non-hydrogen) atoms. The third kappa shape index (κ3) is 4.83. The molecule has 1 N–H and O–H groups in total. The highest BCUT2D eigenvalue weighted by atomic mass is 16.5. The van der Waals surface area contributed by atoms with Crippen LogP contribution < -0.4 is 10.2 Å². The van der Waals surface area contributed by atoms with E-state index in [0.717, 1.165) is 12.2 Å². The van der Waals surface area contributed by atoms with Crippen molar-refractivity contribution in [2.24, 2.45) is 0 Å². The second-order valence-electron chi connectivity index (χ2n) is 7.18. The fraction of sp³-hybridized carbons (Fsp3) is 0.208. The smallest absolute Gasteiger partial charge is 0.340 e. The normalized spacial score (nSPS) is 13.3. The van der Waals surface area contributed by atoms with Gasteiger partial charge in [0.25, 0.3) is 0 Å². The molecule has 158 valence electrons. The maximum atomic E-state index is 12.6. The van der Waals surface area contributed by atoms with E-state index in [2.05, 4.69) is 5.32 Å². The largest absolute Gasteiger partial charge is 0.467 e. The minimum atomic E-state index is -0.596. The lowest BCUT2D eigenvalue weighted by Gasteiger charge is -2.16. The number of ether oxygens (including phenoxy) is 1. The highest BCUT2D eigenvalue weighted by Gasteiger charge is 2.22. The average Bonchev–Trinajstić information content (AvgIpc) is 3.48. The Labute approximate surface area is 179 Å². The first-order valence-corrected chi connectivity index (χ1v) is 10.1. The van der Waals surface area contributed by atoms with E-state index in [0.29, 0.717) is 42.0 Å². The van der Waals surface area contributed by atoms with Gasteiger partial charge in [0.1, 0.15) is 5.76 Å². The fourth-order valence-electron chi connectivity index (χ4n) is 3.47. The van der Waals surface area contributed by atoms with Gasteiger partial charge >= 0.3 is 5.97 Å². The van der Waals surface area contributed by atoms with Gasteiger partial charge in [0, 0.05) is 29.9 Å². The van der Waals surface area contributed by atoms with Crippen molar-refractivity contribution in [2.75, 3.05) is 23.4 Å². The van der Waals surface area contributed by atoms with Crippen molar-refractivity contribution < 1.29 is 23.5 Å². The first-order valence-electron chi connectivity index (χ1n) is 10.1. The summed E-state index contributed by atoms with van der Waals surface area (Å²) in [5.74, 6) is -0.144. The van der Waals surface area contributed by atoms with Gasteiger partial charge in [-0.1, -0.05) is 24.3 Å². The zero-order chi connectivity index (χ0) is 21.6. The van der Waals surface area contributed by atoms with Gasteiger partial charge in [-0.05, 0) is 42.8 Å². The standard InChI is InChI=1S/C24H22N2O5/c27-22(17-6-3-7-18(14-17)26-12-4-11-23(26)28)16-31-24(29)20-9-1-2-10-21(20)25-15-19-8-5-13-30-19/h1-3,5-10,13-14,25H,4,11-12,15-16H2. The van der Waals surface area contributed by atoms with Crippen LogP contribution in [0.15, 0.2) is 71.3 Å². The number of para-hydroxylation sites is 1. The van der Waals surface area contributed by atoms with Crippen molar-refractivity contribution in [1.29, 1.82) is 0 Å². The molecule has 7 heteroatoms. The Morgan fingerprint density at radius 2 is 1.94 bits per heavy atom. The number of benzene rings is 2. The molecule has 0 aliphatic carbocycles. The summed E-state index contributed by atoms with van der Waals surface area (Å²) in [6.45, 7) is 0.675. The van der Waals surface area contributed by atoms with E-state index in [-0.39, 0.29) is 18.3 Å². The molecule has 0 bridgehead atoms. The molecule has 1 aliphatic rings. The lowest BCUT2D eigenvalue weighted by Crippen LogP contribution is -2.24. The third-order valence-corrected chi connectivity index (χ3v) is 5.07. The maximum absolute atomic E-state index is 12.6. The number of esters is 1. The predicted octanol–water partition coefficient (Wildman–Crippen LogP) is 4.06. The number of furan rings is 1. The van der Waals surface area contributed by atoms with Gasteiger partial charge in [-0.3, -0.25) is 9.59 Å². The Hall–Kier alpha value is -3.87. The summed E-state index contributed by atoms with van der Waals surface area (Å²) in [6, 6.07) is 17.4. The molecule has 1 fully saturated rings. The SMILES string of the molecule is O=C(COC(=O)c1ccccc1NCc1ccco1)c1cccc(N2CCCC2=O)c1. The minimum Gasteiger partial charge on any atom is -0.467 e. The summed E-state index contributed by atoms with van der Waals surface area (Å²) in [5, 5.41) is 3.14. The topological polar surface area (TPSA) is 88.8 Å². The van der Waals surface area contributed by atoms with Crippen LogP contribution in [-0.2, 0) is 16.1 Å². The van der Waals surface area contributed by atoms with Crippen LogP contribution >= 0.6 is 0 Å². The summed E-state index contributed by atoms with van der Waals surface area (Å²) in [7, 11) is 0. The number of rotatable bonds is 8. The summed E-state index contributed by atoms with van der Waals surface area (Å²) in [6.07, 6.45) is 2.91. The van der Waals surface area contributed by atoms with E-state index < -0.39 is 5.97 Å². The fourth-order valence-corrected chi connectivity index (χ4v) is 3.47. The number of carbonyl (C=O) groups excluding carboxylic acids is 3. The first kappa shape index (κ1) is 20.4. The summed E-state index contributed by atoms with van der Waals surface area (Å²) in [4.78, 5) is 38.8. The van der Waals surface area contributed by atoms with E-state index in [4.69, 9.17) is 9.15 Å². The lowest BCUT2D eigenvalue weighted by molar-refractivity contribution is -0.117. The van der Waals surface area contributed by atoms with Crippen molar-refractivity contribution in [1.82, 2.24) is 0 Å². The number of ketones is 1. The zero-order valence-electron chi connectivity index (χ0n) is 16.9. The van der Waals surface area contributed by atoms with Crippen LogP contribution in [0.1, 0.15) is 39.3 Å². The molecular formula is C24H22N2O5. The van der Waals surface area contributed by atoms with E-state index in [1.165, 1.54) is 0 Å². The number of hydrogen-bond acceptors (Lipinski definition) is 6. The molecule has 2 aromatic carbocycles. The summed E-state index contributed by atoms with van der Waals surface area (Å²) >= 11 is 0. The predicted molar refractivity (Wildman–Crippen MR) is 115 cm³/mol. The van der Waals surface area contributed by atoms with E-state index in [9.17, 15) is 14.4 Å². The highest BCUT2D eigenvalue weighted by molar-refractivity contribution is 6.02. The van der Waals surface area contributed by atoms with E-state index in [1.54, 1.807) is 65.8 Å². The third-order valence-electron chi connectivity index (χ3n) is 5.07. The molecule has 3 aromatic rings. The molecule has 0 atom stereocenters. The molecule has 1 saturated heterocycles. The number of anilines is 2.